The molecule has 0 spiro atoms. The number of pyridine rings is 1. The number of rotatable bonds is 20. The van der Waals surface area contributed by atoms with Crippen LogP contribution in [0.2, 0.25) is 10.0 Å². The molecule has 0 aliphatic carbocycles. The molecule has 7 aromatic rings. The zero-order valence-corrected chi connectivity index (χ0v) is 68.9. The Kier molecular flexibility index (Phi) is 28.3. The fourth-order valence-electron chi connectivity index (χ4n) is 14.9. The van der Waals surface area contributed by atoms with Crippen LogP contribution in [0.5, 0.6) is 51.7 Å². The molecule has 43 heteroatoms. The van der Waals surface area contributed by atoms with Gasteiger partial charge in [0.25, 0.3) is 11.8 Å². The van der Waals surface area contributed by atoms with Gasteiger partial charge in [0.15, 0.2) is 23.9 Å². The number of hydrazine groups is 1. The number of anilines is 1. The van der Waals surface area contributed by atoms with Gasteiger partial charge in [0.05, 0.1) is 46.9 Å². The Morgan fingerprint density at radius 1 is 0.728 bits per heavy atom. The number of nitrogens with zero attached hydrogens (tertiary/aromatic N) is 2. The van der Waals surface area contributed by atoms with Crippen LogP contribution < -0.4 is 78.0 Å². The minimum atomic E-state index is -5.02. The summed E-state index contributed by atoms with van der Waals surface area (Å²) in [6.07, 6.45) is -22.3. The van der Waals surface area contributed by atoms with E-state index >= 15 is 24.0 Å². The van der Waals surface area contributed by atoms with Crippen LogP contribution in [0.15, 0.2) is 122 Å². The lowest BCUT2D eigenvalue weighted by Crippen LogP contribution is -2.65. The molecule has 7 aliphatic heterocycles. The second kappa shape index (κ2) is 38.3. The number of phenols is 3. The van der Waals surface area contributed by atoms with Gasteiger partial charge in [-0.2, -0.15) is 0 Å². The average molecular weight is 1790 g/mol. The Hall–Kier alpha value is -11.8. The van der Waals surface area contributed by atoms with E-state index in [1.54, 1.807) is 20.8 Å². The van der Waals surface area contributed by atoms with Gasteiger partial charge in [0.1, 0.15) is 101 Å². The summed E-state index contributed by atoms with van der Waals surface area (Å²) in [5.74, 6) is -16.8. The molecule has 8 heterocycles. The fraction of sp³-hybridized carbons (Fsp3) is 0.390. The van der Waals surface area contributed by atoms with Crippen LogP contribution in [0, 0.1) is 5.92 Å². The van der Waals surface area contributed by atoms with Crippen molar-refractivity contribution in [2.24, 2.45) is 11.7 Å². The van der Waals surface area contributed by atoms with Gasteiger partial charge in [-0.25, -0.2) is 5.01 Å². The number of aromatic nitrogens is 1. The normalized spacial score (nSPS) is 26.1. The molecule has 14 rings (SSSR count). The van der Waals surface area contributed by atoms with E-state index in [1.807, 2.05) is 0 Å². The predicted molar refractivity (Wildman–Crippen MR) is 431 cm³/mol. The molecule has 21 N–H and O–H groups in total. The van der Waals surface area contributed by atoms with Gasteiger partial charge in [-0.15, -0.1) is 13.2 Å². The van der Waals surface area contributed by atoms with Crippen molar-refractivity contribution in [1.29, 1.82) is 0 Å². The number of ether oxygens (including phenoxy) is 7. The molecule has 11 bridgehead atoms. The summed E-state index contributed by atoms with van der Waals surface area (Å²) in [5.41, 5.74) is 4.43. The van der Waals surface area contributed by atoms with E-state index in [0.717, 1.165) is 84.9 Å². The van der Waals surface area contributed by atoms with Crippen LogP contribution in [0.4, 0.5) is 18.9 Å². The number of alkyl halides is 3. The van der Waals surface area contributed by atoms with Crippen LogP contribution in [0.25, 0.3) is 11.1 Å². The Morgan fingerprint density at radius 2 is 1.38 bits per heavy atom. The number of hydrogen-bond acceptors (Lipinski definition) is 29. The summed E-state index contributed by atoms with van der Waals surface area (Å²) in [7, 11) is 4.26. The number of carbonyl (C=O) groups is 9. The number of halogens is 5. The second-order valence-corrected chi connectivity index (χ2v) is 31.9. The second-order valence-electron chi connectivity index (χ2n) is 31.1. The highest BCUT2D eigenvalue weighted by Crippen LogP contribution is 2.50. The summed E-state index contributed by atoms with van der Waals surface area (Å²) in [6, 6.07) is 5.53. The molecule has 2 saturated heterocycles. The quantitative estimate of drug-likeness (QED) is 0.0488. The maximum Gasteiger partial charge on any atom is 0.573 e. The third-order valence-electron chi connectivity index (χ3n) is 21.2. The molecule has 0 saturated carbocycles. The molecular weight excluding hydrogens is 1690 g/mol. The van der Waals surface area contributed by atoms with E-state index in [1.165, 1.54) is 69.7 Å². The monoisotopic (exact) mass is 1780 g/mol. The largest absolute Gasteiger partial charge is 0.573 e. The number of amides is 9. The number of fused-ring (bicyclic) bond motifs is 15. The number of hydrogen-bond donors (Lipinski definition) is 20. The third kappa shape index (κ3) is 21.2. The Morgan fingerprint density at radius 3 is 2.01 bits per heavy atom. The number of nitrogens with two attached hydrogens (primary N) is 1. The van der Waals surface area contributed by atoms with Gasteiger partial charge >= 0.3 is 6.36 Å². The van der Waals surface area contributed by atoms with Crippen molar-refractivity contribution in [1.82, 2.24) is 58.0 Å². The number of benzene rings is 6. The maximum atomic E-state index is 16.3. The summed E-state index contributed by atoms with van der Waals surface area (Å²) < 4.78 is 82.6. The number of aliphatic hydroxyl groups is 6. The van der Waals surface area contributed by atoms with Crippen LogP contribution in [0.1, 0.15) is 121 Å². The summed E-state index contributed by atoms with van der Waals surface area (Å²) in [6.45, 7) is 5.45. The highest BCUT2D eigenvalue weighted by atomic mass is 35.5. The maximum absolute atomic E-state index is 16.3. The van der Waals surface area contributed by atoms with Crippen LogP contribution >= 0.6 is 23.2 Å². The van der Waals surface area contributed by atoms with Crippen molar-refractivity contribution in [3.05, 3.63) is 171 Å². The Balaban J connectivity index is 1.01. The lowest BCUT2D eigenvalue weighted by molar-refractivity contribution is -0.334. The van der Waals surface area contributed by atoms with Crippen molar-refractivity contribution in [2.45, 2.75) is 169 Å². The highest BCUT2D eigenvalue weighted by Gasteiger charge is 2.53. The van der Waals surface area contributed by atoms with Gasteiger partial charge in [-0.05, 0) is 139 Å². The molecule has 125 heavy (non-hydrogen) atoms. The first kappa shape index (κ1) is 92.4. The average Bonchev–Trinajstić information content (AvgIpc) is 0.763. The minimum absolute atomic E-state index is 0.0455. The summed E-state index contributed by atoms with van der Waals surface area (Å²) in [5, 5.41) is 131. The van der Waals surface area contributed by atoms with Crippen molar-refractivity contribution in [2.75, 3.05) is 33.1 Å². The van der Waals surface area contributed by atoms with Crippen molar-refractivity contribution in [3.63, 3.8) is 0 Å². The first-order chi connectivity index (χ1) is 59.1. The molecular formula is C82H90Cl2F3N13O25. The minimum Gasteiger partial charge on any atom is -0.508 e. The molecule has 9 amide bonds. The van der Waals surface area contributed by atoms with Gasteiger partial charge in [0, 0.05) is 73.9 Å². The topological polar surface area (TPSA) is 563 Å². The molecule has 6 aromatic carbocycles. The van der Waals surface area contributed by atoms with E-state index in [-0.39, 0.29) is 53.2 Å². The Labute approximate surface area is 719 Å². The molecule has 0 radical (unpaired) electrons. The van der Waals surface area contributed by atoms with E-state index in [4.69, 9.17) is 57.4 Å². The van der Waals surface area contributed by atoms with Gasteiger partial charge < -0.3 is 133 Å². The number of primary amides is 1. The molecule has 668 valence electrons. The molecule has 1 aromatic heterocycles. The lowest BCUT2D eigenvalue weighted by Gasteiger charge is -2.48. The van der Waals surface area contributed by atoms with Gasteiger partial charge in [0.2, 0.25) is 53.4 Å². The SMILES string of the molecule is CNC(CC(C)C)C(=O)NC1C(=O)NC(CC(N)=O)C(=O)NC2C(=O)NC3C(=O)NC(C(=O)NC(C(=O)NN(C)C)c4cc(O)cc(O)c4-c4cc3ccc4O)C(O)c3ccc(c(Cl)c3)Oc3cc2cc(c3OC2OC(CO)C(O)C(O)C2OC2CC(C)(NCc3cncc(C(=O)Nc4cccc(OC(F)(F)F)c4)c3)C(O)C(C)O2)Oc2ccc(cc2Cl)C1O. The van der Waals surface area contributed by atoms with E-state index < -0.39 is 266 Å². The third-order valence-corrected chi connectivity index (χ3v) is 21.8. The van der Waals surface area contributed by atoms with Crippen LogP contribution in [-0.2, 0) is 59.1 Å². The van der Waals surface area contributed by atoms with E-state index in [0.29, 0.717) is 5.56 Å². The first-order valence-electron chi connectivity index (χ1n) is 38.9. The lowest BCUT2D eigenvalue weighted by atomic mass is 9.84. The molecule has 18 unspecified atom stereocenters. The zero-order chi connectivity index (χ0) is 90.7. The molecule has 2 fully saturated rings. The predicted octanol–water partition coefficient (Wildman–Crippen LogP) is 2.99. The van der Waals surface area contributed by atoms with Gasteiger partial charge in [-0.3, -0.25) is 53.6 Å². The fourth-order valence-corrected chi connectivity index (χ4v) is 15.4. The summed E-state index contributed by atoms with van der Waals surface area (Å²) in [4.78, 5) is 138. The number of carbonyl (C=O) groups excluding carboxylic acids is 9. The molecule has 38 nitrogen and oxygen atoms in total. The standard InChI is InChI=1S/C82H90Cl2F3N13O25/c1-33(2)17-48(89-5)73(112)97-63-65(106)37-12-15-52(46(83)20-37)120-54-22-39-23-55(69(54)124-80-70(68(109)67(108)56(32-101)122-80)123-58-28-81(4,71(110)34(3)119-58)91-30-35-18-40(31-90-29-35)72(111)92-41-9-8-10-43(24-41)125-82(85,86)87)121-53-16-13-38(21-47(53)84)66(107)64-78(117)96-62(79(118)99-100(6)7)45-25-42(102)26-51(104)59(45)44-19-36(11-14-50(44)103)60(75(114)98-64)95-76(115)61(39)94-74(113)49(27-57(88)105)93-77(63)116/h8-16,18-26,29,31,33-34,48-49,56,58,60-68,70-71,80,89,91,101-104,106-110H,17,27-28,30,32H2,1-7H3,(H2,88,105)(H,92,111)(H,93,116)(H,94,113)(H,95,115)(H,96,117)(H,97,112)(H,98,114)(H,99,118). The number of aromatic hydroxyl groups is 3. The van der Waals surface area contributed by atoms with Crippen molar-refractivity contribution < 1.29 is 135 Å². The molecule has 7 aliphatic rings. The summed E-state index contributed by atoms with van der Waals surface area (Å²) >= 11 is 14.4. The number of phenolic OH excluding ortho intramolecular Hbond substituents is 3. The highest BCUT2D eigenvalue weighted by molar-refractivity contribution is 6.32. The number of nitrogens with one attached hydrogen (secondary N) is 10. The number of aliphatic hydroxyl groups excluding tert-OH is 6. The zero-order valence-electron chi connectivity index (χ0n) is 67.4. The van der Waals surface area contributed by atoms with Crippen LogP contribution in [0.3, 0.4) is 0 Å². The van der Waals surface area contributed by atoms with E-state index in [9.17, 15) is 78.3 Å². The van der Waals surface area contributed by atoms with Crippen molar-refractivity contribution in [3.8, 4) is 62.9 Å². The van der Waals surface area contributed by atoms with E-state index in [2.05, 4.69) is 63.0 Å². The molecule has 18 atom stereocenters. The van der Waals surface area contributed by atoms with Crippen molar-refractivity contribution >= 4 is 82.1 Å². The van der Waals surface area contributed by atoms with Gasteiger partial charge in [-0.1, -0.05) is 61.3 Å². The number of likely N-dealkylation sites (N-methyl/N-ethyl adjacent to an activating group) is 1. The Bertz CT molecular complexity index is 5300. The van der Waals surface area contributed by atoms with Crippen LogP contribution in [-0.4, -0.2) is 222 Å². The smallest absolute Gasteiger partial charge is 0.508 e. The first-order valence-corrected chi connectivity index (χ1v) is 39.6.